The van der Waals surface area contributed by atoms with Crippen LogP contribution >= 0.6 is 0 Å². The van der Waals surface area contributed by atoms with Crippen LogP contribution in [-0.2, 0) is 0 Å². The highest BCUT2D eigenvalue weighted by molar-refractivity contribution is 5.83. The van der Waals surface area contributed by atoms with Crippen molar-refractivity contribution in [2.24, 2.45) is 0 Å². The Morgan fingerprint density at radius 2 is 0.562 bits per heavy atom. The van der Waals surface area contributed by atoms with Gasteiger partial charge in [0.15, 0.2) is 0 Å². The molecule has 0 atom stereocenters. The van der Waals surface area contributed by atoms with Crippen LogP contribution < -0.4 is 21.3 Å². The molecule has 0 saturated carbocycles. The van der Waals surface area contributed by atoms with E-state index in [-0.39, 0.29) is 21.3 Å². The van der Waals surface area contributed by atoms with Gasteiger partial charge in [0.05, 0.1) is 10.4 Å². The minimum absolute atomic E-state index is 0.208. The van der Waals surface area contributed by atoms with Gasteiger partial charge in [-0.05, 0) is 22.3 Å². The van der Waals surface area contributed by atoms with Gasteiger partial charge >= 0.3 is 0 Å². The van der Waals surface area contributed by atoms with Gasteiger partial charge in [0.25, 0.3) is 0 Å². The van der Waals surface area contributed by atoms with E-state index in [1.165, 1.54) is 0 Å². The standard InChI is InChI=1S/C30H20O2/c31-29-27(25(21-13-5-1-6-14-21)22-15-7-2-8-16-22)30(32)28(29)26(23-17-9-3-10-18-23)24-19-11-4-12-20-24/h1-20H. The highest BCUT2D eigenvalue weighted by Gasteiger charge is 2.20. The summed E-state index contributed by atoms with van der Waals surface area (Å²) in [6.45, 7) is 0. The molecule has 0 heterocycles. The normalized spacial score (nSPS) is 10.8. The van der Waals surface area contributed by atoms with E-state index >= 15 is 0 Å². The van der Waals surface area contributed by atoms with Crippen LogP contribution in [0.3, 0.4) is 0 Å². The van der Waals surface area contributed by atoms with Crippen LogP contribution in [0.15, 0.2) is 131 Å². The summed E-state index contributed by atoms with van der Waals surface area (Å²) in [6, 6.07) is 38.6. The zero-order chi connectivity index (χ0) is 21.9. The first kappa shape index (κ1) is 19.7. The summed E-state index contributed by atoms with van der Waals surface area (Å²) < 4.78 is 0. The van der Waals surface area contributed by atoms with Gasteiger partial charge in [-0.2, -0.15) is 0 Å². The molecule has 0 aliphatic rings. The Balaban J connectivity index is 1.92. The van der Waals surface area contributed by atoms with Crippen molar-refractivity contribution in [3.05, 3.63) is 174 Å². The van der Waals surface area contributed by atoms with Crippen LogP contribution in [0.2, 0.25) is 0 Å². The lowest BCUT2D eigenvalue weighted by atomic mass is 9.89. The van der Waals surface area contributed by atoms with Crippen LogP contribution in [0.4, 0.5) is 0 Å². The van der Waals surface area contributed by atoms with Gasteiger partial charge in [-0.25, -0.2) is 0 Å². The maximum absolute atomic E-state index is 13.6. The van der Waals surface area contributed by atoms with E-state index in [9.17, 15) is 9.59 Å². The molecule has 2 heteroatoms. The fourth-order valence-electron chi connectivity index (χ4n) is 4.18. The number of hydrogen-bond acceptors (Lipinski definition) is 2. The largest absolute Gasteiger partial charge is 0.288 e. The van der Waals surface area contributed by atoms with Crippen LogP contribution in [0.1, 0.15) is 22.3 Å². The third-order valence-corrected chi connectivity index (χ3v) is 5.66. The van der Waals surface area contributed by atoms with E-state index in [0.717, 1.165) is 22.3 Å². The lowest BCUT2D eigenvalue weighted by Gasteiger charge is -2.12. The molecule has 0 radical (unpaired) electrons. The Morgan fingerprint density at radius 1 is 0.344 bits per heavy atom. The SMILES string of the molecule is O=c1c(=C(c2ccccc2)c2ccccc2)c(=O)c1=C(c1ccccc1)c1ccccc1. The minimum Gasteiger partial charge on any atom is -0.288 e. The molecule has 5 aromatic carbocycles. The lowest BCUT2D eigenvalue weighted by molar-refractivity contribution is 1.23. The maximum atomic E-state index is 13.6. The van der Waals surface area contributed by atoms with Crippen molar-refractivity contribution in [2.45, 2.75) is 0 Å². The number of rotatable bonds is 4. The van der Waals surface area contributed by atoms with Gasteiger partial charge in [-0.1, -0.05) is 121 Å². The molecule has 0 fully saturated rings. The predicted molar refractivity (Wildman–Crippen MR) is 130 cm³/mol. The van der Waals surface area contributed by atoms with E-state index in [4.69, 9.17) is 0 Å². The smallest absolute Gasteiger partial charge is 0.202 e. The molecule has 0 N–H and O–H groups in total. The molecule has 0 spiro atoms. The number of hydrogen-bond donors (Lipinski definition) is 0. The van der Waals surface area contributed by atoms with Gasteiger partial charge in [0.1, 0.15) is 0 Å². The second-order valence-corrected chi connectivity index (χ2v) is 7.62. The van der Waals surface area contributed by atoms with Gasteiger partial charge in [-0.15, -0.1) is 0 Å². The molecule has 0 unspecified atom stereocenters. The molecule has 0 bridgehead atoms. The topological polar surface area (TPSA) is 34.1 Å². The minimum atomic E-state index is -0.208. The summed E-state index contributed by atoms with van der Waals surface area (Å²) >= 11 is 0. The Morgan fingerprint density at radius 3 is 0.781 bits per heavy atom. The lowest BCUT2D eigenvalue weighted by Crippen LogP contribution is -2.66. The zero-order valence-corrected chi connectivity index (χ0v) is 17.4. The molecule has 0 aliphatic carbocycles. The average Bonchev–Trinajstić information content (AvgIpc) is 2.87. The molecule has 5 aromatic rings. The van der Waals surface area contributed by atoms with Gasteiger partial charge in [-0.3, -0.25) is 9.59 Å². The molecule has 152 valence electrons. The molecule has 0 aromatic heterocycles. The summed E-state index contributed by atoms with van der Waals surface area (Å²) in [7, 11) is 0. The van der Waals surface area contributed by atoms with Gasteiger partial charge < -0.3 is 0 Å². The van der Waals surface area contributed by atoms with E-state index in [2.05, 4.69) is 0 Å². The first-order valence-electron chi connectivity index (χ1n) is 10.6. The zero-order valence-electron chi connectivity index (χ0n) is 17.4. The molecular weight excluding hydrogens is 392 g/mol. The molecule has 0 saturated heterocycles. The van der Waals surface area contributed by atoms with E-state index in [0.29, 0.717) is 11.1 Å². The highest BCUT2D eigenvalue weighted by Crippen LogP contribution is 2.21. The van der Waals surface area contributed by atoms with Crippen molar-refractivity contribution in [1.82, 2.24) is 0 Å². The predicted octanol–water partition coefficient (Wildman–Crippen LogP) is 3.78. The fourth-order valence-corrected chi connectivity index (χ4v) is 4.18. The molecule has 0 amide bonds. The molecular formula is C30H20O2. The third-order valence-electron chi connectivity index (χ3n) is 5.66. The van der Waals surface area contributed by atoms with Crippen molar-refractivity contribution < 1.29 is 0 Å². The first-order valence-corrected chi connectivity index (χ1v) is 10.6. The Kier molecular flexibility index (Phi) is 5.19. The summed E-state index contributed by atoms with van der Waals surface area (Å²) in [4.78, 5) is 27.2. The second-order valence-electron chi connectivity index (χ2n) is 7.62. The Hall–Kier alpha value is -4.30. The van der Waals surface area contributed by atoms with Crippen molar-refractivity contribution in [2.75, 3.05) is 0 Å². The number of benzene rings is 4. The van der Waals surface area contributed by atoms with Crippen LogP contribution in [0, 0.1) is 0 Å². The Bertz CT molecular complexity index is 1330. The van der Waals surface area contributed by atoms with E-state index < -0.39 is 0 Å². The summed E-state index contributed by atoms with van der Waals surface area (Å²) in [6.07, 6.45) is 0. The summed E-state index contributed by atoms with van der Waals surface area (Å²) in [5, 5.41) is 0.503. The second kappa shape index (κ2) is 8.44. The monoisotopic (exact) mass is 412 g/mol. The van der Waals surface area contributed by atoms with Crippen molar-refractivity contribution in [1.29, 1.82) is 0 Å². The van der Waals surface area contributed by atoms with Crippen molar-refractivity contribution in [3.8, 4) is 0 Å². The molecule has 0 aliphatic heterocycles. The van der Waals surface area contributed by atoms with Gasteiger partial charge in [0.2, 0.25) is 10.9 Å². The molecule has 32 heavy (non-hydrogen) atoms. The molecule has 5 rings (SSSR count). The van der Waals surface area contributed by atoms with Crippen LogP contribution in [0.25, 0.3) is 11.1 Å². The maximum Gasteiger partial charge on any atom is 0.202 e. The third kappa shape index (κ3) is 3.42. The first-order chi connectivity index (χ1) is 15.8. The fraction of sp³-hybridized carbons (Fsp3) is 0. The van der Waals surface area contributed by atoms with E-state index in [1.54, 1.807) is 0 Å². The van der Waals surface area contributed by atoms with Crippen LogP contribution in [0.5, 0.6) is 0 Å². The molecule has 2 nitrogen and oxygen atoms in total. The quantitative estimate of drug-likeness (QED) is 0.450. The Labute approximate surface area is 185 Å². The van der Waals surface area contributed by atoms with Crippen molar-refractivity contribution in [3.63, 3.8) is 0 Å². The summed E-state index contributed by atoms with van der Waals surface area (Å²) in [5.74, 6) is 0. The van der Waals surface area contributed by atoms with Crippen LogP contribution in [-0.4, -0.2) is 0 Å². The van der Waals surface area contributed by atoms with Gasteiger partial charge in [0, 0.05) is 11.1 Å². The highest BCUT2D eigenvalue weighted by atomic mass is 16.1. The van der Waals surface area contributed by atoms with E-state index in [1.807, 2.05) is 121 Å². The van der Waals surface area contributed by atoms with Crippen molar-refractivity contribution >= 4 is 11.1 Å². The summed E-state index contributed by atoms with van der Waals surface area (Å²) in [5.41, 5.74) is 4.38. The average molecular weight is 412 g/mol.